The van der Waals surface area contributed by atoms with Gasteiger partial charge in [0, 0.05) is 0 Å². The Morgan fingerprint density at radius 2 is 1.72 bits per heavy atom. The molecule has 84 valence electrons. The average molecular weight is 227 g/mol. The van der Waals surface area contributed by atoms with E-state index in [0.717, 1.165) is 5.69 Å². The van der Waals surface area contributed by atoms with E-state index < -0.39 is 0 Å². The zero-order chi connectivity index (χ0) is 11.7. The van der Waals surface area contributed by atoms with E-state index in [1.54, 1.807) is 0 Å². The van der Waals surface area contributed by atoms with Gasteiger partial charge in [0.15, 0.2) is 0 Å². The van der Waals surface area contributed by atoms with Crippen LogP contribution in [0.25, 0.3) is 11.4 Å². The van der Waals surface area contributed by atoms with Gasteiger partial charge in [0.05, 0.1) is 0 Å². The smallest absolute Gasteiger partial charge is 0.674 e. The number of hydrogen-bond donors (Lipinski definition) is 0. The Hall–Kier alpha value is -1.42. The Bertz CT molecular complexity index is 561. The molecule has 0 spiro atoms. The molecule has 0 N–H and O–H groups in total. The van der Waals surface area contributed by atoms with Crippen LogP contribution in [0.3, 0.4) is 0 Å². The van der Waals surface area contributed by atoms with Crippen molar-refractivity contribution in [1.82, 2.24) is 0 Å². The molecule has 0 aromatic heterocycles. The summed E-state index contributed by atoms with van der Waals surface area (Å²) in [6, 6.07) is 16.9. The first-order valence-electron chi connectivity index (χ1n) is 5.88. The molecule has 0 saturated heterocycles. The maximum absolute atomic E-state index is 4.83. The number of para-hydroxylation sites is 1. The molecule has 0 fully saturated rings. The quantitative estimate of drug-likeness (QED) is 0.659. The Morgan fingerprint density at radius 1 is 0.944 bits per heavy atom. The van der Waals surface area contributed by atoms with Crippen molar-refractivity contribution in [2.45, 2.75) is 13.0 Å². The molecule has 2 aromatic carbocycles. The van der Waals surface area contributed by atoms with Gasteiger partial charge in [-0.1, -0.05) is 77.9 Å². The van der Waals surface area contributed by atoms with Crippen molar-refractivity contribution in [3.63, 3.8) is 0 Å². The zero-order valence-electron chi connectivity index (χ0n) is 10.8. The third-order valence-corrected chi connectivity index (χ3v) is 3.14. The van der Waals surface area contributed by atoms with Crippen LogP contribution in [0, 0.1) is 6.92 Å². The van der Waals surface area contributed by atoms with E-state index in [1.165, 1.54) is 16.7 Å². The largest absolute Gasteiger partial charge is 1.00 e. The minimum atomic E-state index is 0. The van der Waals surface area contributed by atoms with Gasteiger partial charge in [0.1, 0.15) is 0 Å². The van der Waals surface area contributed by atoms with Crippen molar-refractivity contribution in [3.8, 4) is 0 Å². The molecular formula is C16H14LiN. The van der Waals surface area contributed by atoms with E-state index in [0.29, 0.717) is 0 Å². The summed E-state index contributed by atoms with van der Waals surface area (Å²) >= 11 is 0. The monoisotopic (exact) mass is 227 g/mol. The molecule has 0 radical (unpaired) electrons. The van der Waals surface area contributed by atoms with Crippen molar-refractivity contribution in [2.75, 3.05) is 0 Å². The fourth-order valence-corrected chi connectivity index (χ4v) is 2.21. The van der Waals surface area contributed by atoms with Crippen LogP contribution in [0.5, 0.6) is 0 Å². The van der Waals surface area contributed by atoms with E-state index in [2.05, 4.69) is 61.5 Å². The van der Waals surface area contributed by atoms with Crippen LogP contribution in [0.15, 0.2) is 54.6 Å². The summed E-state index contributed by atoms with van der Waals surface area (Å²) in [5.74, 6) is 0. The second kappa shape index (κ2) is 5.48. The predicted octanol–water partition coefficient (Wildman–Crippen LogP) is 1.77. The summed E-state index contributed by atoms with van der Waals surface area (Å²) in [4.78, 5) is 0. The van der Waals surface area contributed by atoms with Crippen LogP contribution >= 0.6 is 0 Å². The third kappa shape index (κ3) is 2.38. The molecule has 0 amide bonds. The molecule has 2 aromatic rings. The Morgan fingerprint density at radius 3 is 2.50 bits per heavy atom. The number of nitrogens with zero attached hydrogens (tertiary/aromatic N) is 1. The van der Waals surface area contributed by atoms with Gasteiger partial charge in [-0.05, 0) is 12.5 Å². The van der Waals surface area contributed by atoms with E-state index >= 15 is 0 Å². The second-order valence-electron chi connectivity index (χ2n) is 4.36. The molecule has 1 heterocycles. The van der Waals surface area contributed by atoms with E-state index in [-0.39, 0.29) is 24.9 Å². The van der Waals surface area contributed by atoms with Gasteiger partial charge < -0.3 is 5.32 Å². The second-order valence-corrected chi connectivity index (χ2v) is 4.36. The molecule has 1 unspecified atom stereocenters. The first-order chi connectivity index (χ1) is 8.34. The minimum Gasteiger partial charge on any atom is -0.674 e. The Kier molecular flexibility index (Phi) is 3.96. The Balaban J connectivity index is 0.00000120. The summed E-state index contributed by atoms with van der Waals surface area (Å²) in [5, 5.41) is 4.83. The topological polar surface area (TPSA) is 14.1 Å². The van der Waals surface area contributed by atoms with Crippen LogP contribution in [0.2, 0.25) is 0 Å². The minimum absolute atomic E-state index is 0. The first-order valence-corrected chi connectivity index (χ1v) is 5.88. The molecule has 1 nitrogen and oxygen atoms in total. The molecule has 18 heavy (non-hydrogen) atoms. The molecule has 3 rings (SSSR count). The Labute approximate surface area is 120 Å². The van der Waals surface area contributed by atoms with Crippen molar-refractivity contribution < 1.29 is 18.9 Å². The predicted molar refractivity (Wildman–Crippen MR) is 72.4 cm³/mol. The molecule has 1 aliphatic rings. The number of rotatable bonds is 1. The normalized spacial score (nSPS) is 16.4. The number of fused-ring (bicyclic) bond motifs is 1. The van der Waals surface area contributed by atoms with Gasteiger partial charge in [0.2, 0.25) is 0 Å². The molecule has 2 heteroatoms. The third-order valence-electron chi connectivity index (χ3n) is 3.14. The molecule has 0 bridgehead atoms. The van der Waals surface area contributed by atoms with Crippen LogP contribution in [0.4, 0.5) is 5.69 Å². The fourth-order valence-electron chi connectivity index (χ4n) is 2.21. The van der Waals surface area contributed by atoms with E-state index in [1.807, 2.05) is 6.07 Å². The summed E-state index contributed by atoms with van der Waals surface area (Å²) in [7, 11) is 0. The van der Waals surface area contributed by atoms with Crippen molar-refractivity contribution >= 4 is 11.8 Å². The van der Waals surface area contributed by atoms with Gasteiger partial charge >= 0.3 is 18.9 Å². The maximum Gasteiger partial charge on any atom is 1.00 e. The van der Waals surface area contributed by atoms with Crippen molar-refractivity contribution in [3.05, 3.63) is 76.6 Å². The van der Waals surface area contributed by atoms with Crippen LogP contribution in [0.1, 0.15) is 22.7 Å². The summed E-state index contributed by atoms with van der Waals surface area (Å²) in [5.41, 5.74) is 4.84. The molecule has 1 atom stereocenters. The van der Waals surface area contributed by atoms with Crippen molar-refractivity contribution in [1.29, 1.82) is 0 Å². The summed E-state index contributed by atoms with van der Waals surface area (Å²) in [6.07, 6.45) is 4.34. The van der Waals surface area contributed by atoms with Gasteiger partial charge in [-0.25, -0.2) is 0 Å². The summed E-state index contributed by atoms with van der Waals surface area (Å²) in [6.45, 7) is 2.11. The number of hydrogen-bond acceptors (Lipinski definition) is 0. The van der Waals surface area contributed by atoms with Gasteiger partial charge in [-0.15, -0.1) is 5.69 Å². The average Bonchev–Trinajstić information content (AvgIpc) is 2.40. The van der Waals surface area contributed by atoms with Crippen LogP contribution in [-0.4, -0.2) is 0 Å². The molecule has 0 aliphatic carbocycles. The SMILES string of the molecule is Cc1cccc2c1[N-]C(c1ccccc1)C=C2.[Li+]. The van der Waals surface area contributed by atoms with Gasteiger partial charge in [-0.2, -0.15) is 0 Å². The van der Waals surface area contributed by atoms with E-state index in [9.17, 15) is 0 Å². The molecular weight excluding hydrogens is 213 g/mol. The first kappa shape index (κ1) is 13.0. The van der Waals surface area contributed by atoms with Gasteiger partial charge in [0.25, 0.3) is 0 Å². The molecule has 0 saturated carbocycles. The van der Waals surface area contributed by atoms with E-state index in [4.69, 9.17) is 5.32 Å². The van der Waals surface area contributed by atoms with Gasteiger partial charge in [-0.3, -0.25) is 0 Å². The fraction of sp³-hybridized carbons (Fsp3) is 0.125. The standard InChI is InChI=1S/C16H14N.Li/c1-12-6-5-9-14-10-11-15(17-16(12)14)13-7-3-2-4-8-13;/h2-11,15H,1H3;/q-1;+1. The van der Waals surface area contributed by atoms with Crippen molar-refractivity contribution in [2.24, 2.45) is 0 Å². The van der Waals surface area contributed by atoms with Crippen LogP contribution in [-0.2, 0) is 0 Å². The number of aryl methyl sites for hydroxylation is 1. The molecule has 1 aliphatic heterocycles. The van der Waals surface area contributed by atoms with Crippen LogP contribution < -0.4 is 18.9 Å². The summed E-state index contributed by atoms with van der Waals surface area (Å²) < 4.78 is 0. The number of benzene rings is 2. The maximum atomic E-state index is 4.83. The zero-order valence-corrected chi connectivity index (χ0v) is 10.8.